The lowest BCUT2D eigenvalue weighted by Crippen LogP contribution is -2.26. The number of hydrogen-bond acceptors (Lipinski definition) is 3. The number of carbonyl (C=O) groups excluding carboxylic acids is 1. The van der Waals surface area contributed by atoms with Crippen molar-refractivity contribution in [3.8, 4) is 28.7 Å². The van der Waals surface area contributed by atoms with Gasteiger partial charge in [0.05, 0.1) is 5.56 Å². The summed E-state index contributed by atoms with van der Waals surface area (Å²) in [6, 6.07) is 21.8. The number of benzene rings is 3. The Bertz CT molecular complexity index is 1070. The van der Waals surface area contributed by atoms with Crippen molar-refractivity contribution in [3.05, 3.63) is 89.0 Å². The molecule has 3 aromatic carbocycles. The minimum atomic E-state index is -0.447. The first-order valence-corrected chi connectivity index (χ1v) is 10.0. The van der Waals surface area contributed by atoms with Gasteiger partial charge in [0.15, 0.2) is 0 Å². The van der Waals surface area contributed by atoms with E-state index < -0.39 is 6.09 Å². The van der Waals surface area contributed by atoms with Gasteiger partial charge in [0.2, 0.25) is 0 Å². The summed E-state index contributed by atoms with van der Waals surface area (Å²) in [5, 5.41) is 12.6. The molecule has 0 heterocycles. The fourth-order valence-electron chi connectivity index (χ4n) is 3.84. The number of phenols is 1. The van der Waals surface area contributed by atoms with Crippen LogP contribution in [0.15, 0.2) is 66.7 Å². The van der Waals surface area contributed by atoms with Gasteiger partial charge >= 0.3 is 6.09 Å². The molecule has 30 heavy (non-hydrogen) atoms. The number of nitrogens with one attached hydrogen (secondary N) is 1. The van der Waals surface area contributed by atoms with Gasteiger partial charge in [-0.25, -0.2) is 4.79 Å². The molecule has 0 aliphatic heterocycles. The van der Waals surface area contributed by atoms with Crippen molar-refractivity contribution in [2.24, 2.45) is 0 Å². The van der Waals surface area contributed by atoms with Crippen LogP contribution in [0.4, 0.5) is 4.79 Å². The second kappa shape index (κ2) is 8.75. The fourth-order valence-corrected chi connectivity index (χ4v) is 3.84. The zero-order valence-corrected chi connectivity index (χ0v) is 16.8. The maximum atomic E-state index is 12.1. The van der Waals surface area contributed by atoms with Crippen molar-refractivity contribution < 1.29 is 14.6 Å². The third kappa shape index (κ3) is 4.01. The summed E-state index contributed by atoms with van der Waals surface area (Å²) in [6.07, 6.45) is 0.0234. The summed E-state index contributed by atoms with van der Waals surface area (Å²) < 4.78 is 5.50. The van der Waals surface area contributed by atoms with Gasteiger partial charge < -0.3 is 15.2 Å². The molecule has 4 rings (SSSR count). The lowest BCUT2D eigenvalue weighted by Gasteiger charge is -2.14. The van der Waals surface area contributed by atoms with E-state index in [1.807, 2.05) is 37.3 Å². The Morgan fingerprint density at radius 1 is 1.00 bits per heavy atom. The van der Waals surface area contributed by atoms with Crippen LogP contribution < -0.4 is 5.32 Å². The summed E-state index contributed by atoms with van der Waals surface area (Å²) in [6.45, 7) is 2.58. The van der Waals surface area contributed by atoms with Crippen LogP contribution in [0, 0.1) is 18.8 Å². The van der Waals surface area contributed by atoms with Crippen molar-refractivity contribution in [3.63, 3.8) is 0 Å². The number of fused-ring (bicyclic) bond motifs is 3. The van der Waals surface area contributed by atoms with Gasteiger partial charge in [0, 0.05) is 18.9 Å². The first-order chi connectivity index (χ1) is 14.6. The highest BCUT2D eigenvalue weighted by atomic mass is 16.5. The molecule has 0 saturated carbocycles. The van der Waals surface area contributed by atoms with Crippen LogP contribution >= 0.6 is 0 Å². The van der Waals surface area contributed by atoms with Gasteiger partial charge in [-0.3, -0.25) is 0 Å². The molecule has 4 heteroatoms. The van der Waals surface area contributed by atoms with E-state index in [1.54, 1.807) is 12.1 Å². The summed E-state index contributed by atoms with van der Waals surface area (Å²) in [5.41, 5.74) is 6.34. The van der Waals surface area contributed by atoms with Crippen LogP contribution in [-0.2, 0) is 4.74 Å². The topological polar surface area (TPSA) is 58.6 Å². The summed E-state index contributed by atoms with van der Waals surface area (Å²) in [5.74, 6) is 6.16. The molecule has 0 atom stereocenters. The Balaban J connectivity index is 1.31. The number of hydrogen-bond donors (Lipinski definition) is 2. The number of ether oxygens (including phenoxy) is 1. The average Bonchev–Trinajstić information content (AvgIpc) is 3.08. The quantitative estimate of drug-likeness (QED) is 0.482. The minimum absolute atomic E-state index is 0.0481. The third-order valence-electron chi connectivity index (χ3n) is 5.33. The van der Waals surface area contributed by atoms with Crippen LogP contribution in [0.3, 0.4) is 0 Å². The average molecular weight is 397 g/mol. The maximum Gasteiger partial charge on any atom is 0.407 e. The summed E-state index contributed by atoms with van der Waals surface area (Å²) >= 11 is 0. The Hall–Kier alpha value is -3.71. The maximum absolute atomic E-state index is 12.1. The highest BCUT2D eigenvalue weighted by Gasteiger charge is 2.28. The lowest BCUT2D eigenvalue weighted by molar-refractivity contribution is 0.143. The number of carbonyl (C=O) groups is 1. The number of rotatable bonds is 4. The van der Waals surface area contributed by atoms with E-state index in [9.17, 15) is 9.90 Å². The van der Waals surface area contributed by atoms with Gasteiger partial charge in [-0.05, 0) is 40.8 Å². The molecule has 0 spiro atoms. The molecule has 4 nitrogen and oxygen atoms in total. The normalized spacial score (nSPS) is 11.8. The van der Waals surface area contributed by atoms with E-state index >= 15 is 0 Å². The zero-order chi connectivity index (χ0) is 20.9. The van der Waals surface area contributed by atoms with Crippen LogP contribution in [-0.4, -0.2) is 24.4 Å². The van der Waals surface area contributed by atoms with E-state index in [4.69, 9.17) is 4.74 Å². The molecule has 2 N–H and O–H groups in total. The van der Waals surface area contributed by atoms with Crippen molar-refractivity contribution >= 4 is 6.09 Å². The molecule has 1 aliphatic rings. The number of amides is 1. The molecule has 0 unspecified atom stereocenters. The highest BCUT2D eigenvalue weighted by Crippen LogP contribution is 2.44. The summed E-state index contributed by atoms with van der Waals surface area (Å²) in [7, 11) is 0. The molecule has 0 radical (unpaired) electrons. The molecule has 3 aromatic rings. The third-order valence-corrected chi connectivity index (χ3v) is 5.33. The largest absolute Gasteiger partial charge is 0.507 e. The van der Waals surface area contributed by atoms with Crippen molar-refractivity contribution in [2.45, 2.75) is 19.3 Å². The smallest absolute Gasteiger partial charge is 0.407 e. The van der Waals surface area contributed by atoms with E-state index in [-0.39, 0.29) is 11.7 Å². The first-order valence-electron chi connectivity index (χ1n) is 10.0. The van der Waals surface area contributed by atoms with Crippen LogP contribution in [0.5, 0.6) is 5.75 Å². The van der Waals surface area contributed by atoms with Crippen molar-refractivity contribution in [1.29, 1.82) is 0 Å². The van der Waals surface area contributed by atoms with Crippen LogP contribution in [0.2, 0.25) is 0 Å². The monoisotopic (exact) mass is 397 g/mol. The van der Waals surface area contributed by atoms with Gasteiger partial charge in [0.25, 0.3) is 0 Å². The SMILES string of the molecule is Cc1cccc(O)c1C#CCCNC(=O)OCC1c2ccccc2-c2ccccc21. The number of phenolic OH excluding ortho intramolecular Hbond substituents is 1. The Morgan fingerprint density at radius 3 is 2.33 bits per heavy atom. The van der Waals surface area contributed by atoms with E-state index in [1.165, 1.54) is 22.3 Å². The van der Waals surface area contributed by atoms with Crippen LogP contribution in [0.1, 0.15) is 34.6 Å². The predicted octanol–water partition coefficient (Wildman–Crippen LogP) is 4.98. The van der Waals surface area contributed by atoms with Crippen molar-refractivity contribution in [2.75, 3.05) is 13.2 Å². The van der Waals surface area contributed by atoms with E-state index in [0.29, 0.717) is 25.1 Å². The number of alkyl carbamates (subject to hydrolysis) is 1. The minimum Gasteiger partial charge on any atom is -0.507 e. The molecule has 0 bridgehead atoms. The van der Waals surface area contributed by atoms with Crippen LogP contribution in [0.25, 0.3) is 11.1 Å². The molecule has 0 saturated heterocycles. The molecule has 150 valence electrons. The Kier molecular flexibility index (Phi) is 5.72. The second-order valence-electron chi connectivity index (χ2n) is 7.27. The molecular formula is C26H23NO3. The van der Waals surface area contributed by atoms with Gasteiger partial charge in [-0.2, -0.15) is 0 Å². The zero-order valence-electron chi connectivity index (χ0n) is 16.8. The first kappa shape index (κ1) is 19.6. The second-order valence-corrected chi connectivity index (χ2v) is 7.27. The Morgan fingerprint density at radius 2 is 1.67 bits per heavy atom. The van der Waals surface area contributed by atoms with Gasteiger partial charge in [0.1, 0.15) is 12.4 Å². The predicted molar refractivity (Wildman–Crippen MR) is 117 cm³/mol. The standard InChI is InChI=1S/C26H23NO3/c1-18-9-8-15-25(28)19(18)10-6-7-16-27-26(29)30-17-24-22-13-4-2-11-20(22)21-12-3-5-14-23(21)24/h2-5,8-9,11-15,24,28H,7,16-17H2,1H3,(H,27,29). The highest BCUT2D eigenvalue weighted by molar-refractivity contribution is 5.79. The number of aryl methyl sites for hydroxylation is 1. The molecule has 0 aromatic heterocycles. The number of aromatic hydroxyl groups is 1. The molecule has 1 aliphatic carbocycles. The molecular weight excluding hydrogens is 374 g/mol. The van der Waals surface area contributed by atoms with E-state index in [0.717, 1.165) is 5.56 Å². The Labute approximate surface area is 176 Å². The van der Waals surface area contributed by atoms with Crippen molar-refractivity contribution in [1.82, 2.24) is 5.32 Å². The summed E-state index contributed by atoms with van der Waals surface area (Å²) in [4.78, 5) is 12.1. The fraction of sp³-hybridized carbons (Fsp3) is 0.192. The van der Waals surface area contributed by atoms with E-state index in [2.05, 4.69) is 41.4 Å². The molecule has 1 amide bonds. The van der Waals surface area contributed by atoms with Gasteiger partial charge in [-0.1, -0.05) is 72.5 Å². The molecule has 0 fully saturated rings. The lowest BCUT2D eigenvalue weighted by atomic mass is 9.98. The van der Waals surface area contributed by atoms with Gasteiger partial charge in [-0.15, -0.1) is 0 Å².